The van der Waals surface area contributed by atoms with E-state index in [1.807, 2.05) is 13.8 Å². The molecular formula is C14H31O4P. The van der Waals surface area contributed by atoms with Gasteiger partial charge in [0.2, 0.25) is 0 Å². The van der Waals surface area contributed by atoms with E-state index in [1.165, 1.54) is 19.3 Å². The molecule has 0 aliphatic carbocycles. The Morgan fingerprint density at radius 1 is 0.842 bits per heavy atom. The Bertz CT molecular complexity index is 256. The maximum Gasteiger partial charge on any atom is 0.470 e. The van der Waals surface area contributed by atoms with Gasteiger partial charge in [0.25, 0.3) is 0 Å². The fourth-order valence-electron chi connectivity index (χ4n) is 2.73. The molecule has 0 saturated carbocycles. The molecule has 5 heteroatoms. The second-order valence-corrected chi connectivity index (χ2v) is 6.59. The first-order chi connectivity index (χ1) is 8.89. The number of hydrogen-bond donors (Lipinski definition) is 2. The van der Waals surface area contributed by atoms with Crippen LogP contribution in [0.15, 0.2) is 0 Å². The average Bonchev–Trinajstić information content (AvgIpc) is 2.27. The number of rotatable bonds is 12. The maximum atomic E-state index is 11.2. The van der Waals surface area contributed by atoms with Gasteiger partial charge in [0.1, 0.15) is 0 Å². The highest BCUT2D eigenvalue weighted by atomic mass is 31.2. The summed E-state index contributed by atoms with van der Waals surface area (Å²) in [7, 11) is -4.41. The highest BCUT2D eigenvalue weighted by Crippen LogP contribution is 2.46. The Balaban J connectivity index is 4.48. The minimum absolute atomic E-state index is 0.630. The smallest absolute Gasteiger partial charge is 0.303 e. The van der Waals surface area contributed by atoms with Crippen molar-refractivity contribution in [1.29, 1.82) is 0 Å². The van der Waals surface area contributed by atoms with Gasteiger partial charge in [0.15, 0.2) is 0 Å². The van der Waals surface area contributed by atoms with Gasteiger partial charge >= 0.3 is 7.82 Å². The number of phosphoric ester groups is 1. The third kappa shape index (κ3) is 9.61. The van der Waals surface area contributed by atoms with Gasteiger partial charge < -0.3 is 9.79 Å². The topological polar surface area (TPSA) is 66.8 Å². The van der Waals surface area contributed by atoms with Crippen molar-refractivity contribution < 1.29 is 18.9 Å². The standard InChI is InChI=1S/C14H31O4P/c1-4-7-8-9-10-13-14(11-5-2,12-6-3)18-19(15,16)17/h4-13H2,1-3H3,(H2,15,16,17). The van der Waals surface area contributed by atoms with E-state index in [0.717, 1.165) is 44.9 Å². The van der Waals surface area contributed by atoms with E-state index in [2.05, 4.69) is 6.92 Å². The highest BCUT2D eigenvalue weighted by Gasteiger charge is 2.35. The van der Waals surface area contributed by atoms with Gasteiger partial charge in [-0.05, 0) is 19.3 Å². The minimum Gasteiger partial charge on any atom is -0.303 e. The number of phosphoric acid groups is 1. The Labute approximate surface area is 118 Å². The average molecular weight is 294 g/mol. The third-order valence-corrected chi connectivity index (χ3v) is 4.08. The van der Waals surface area contributed by atoms with Crippen LogP contribution in [0.25, 0.3) is 0 Å². The van der Waals surface area contributed by atoms with Gasteiger partial charge in [0.05, 0.1) is 5.60 Å². The van der Waals surface area contributed by atoms with E-state index in [0.29, 0.717) is 0 Å². The molecule has 0 aromatic heterocycles. The van der Waals surface area contributed by atoms with Crippen molar-refractivity contribution in [2.24, 2.45) is 0 Å². The molecule has 0 aromatic carbocycles. The Kier molecular flexibility index (Phi) is 9.98. The molecule has 0 heterocycles. The molecule has 0 aromatic rings. The van der Waals surface area contributed by atoms with Crippen LogP contribution in [0.2, 0.25) is 0 Å². The van der Waals surface area contributed by atoms with Gasteiger partial charge in [-0.3, -0.25) is 4.52 Å². The molecule has 0 bridgehead atoms. The molecule has 116 valence electrons. The van der Waals surface area contributed by atoms with E-state index < -0.39 is 13.4 Å². The predicted molar refractivity (Wildman–Crippen MR) is 79.1 cm³/mol. The fourth-order valence-corrected chi connectivity index (χ4v) is 3.50. The summed E-state index contributed by atoms with van der Waals surface area (Å²) >= 11 is 0. The molecule has 0 saturated heterocycles. The number of unbranched alkanes of at least 4 members (excludes halogenated alkanes) is 4. The van der Waals surface area contributed by atoms with E-state index in [1.54, 1.807) is 0 Å². The first kappa shape index (κ1) is 19.1. The predicted octanol–water partition coefficient (Wildman–Crippen LogP) is 4.80. The quantitative estimate of drug-likeness (QED) is 0.401. The lowest BCUT2D eigenvalue weighted by molar-refractivity contribution is 0.00833. The van der Waals surface area contributed by atoms with Crippen molar-refractivity contribution in [3.8, 4) is 0 Å². The van der Waals surface area contributed by atoms with Crippen molar-refractivity contribution in [1.82, 2.24) is 0 Å². The van der Waals surface area contributed by atoms with Crippen molar-refractivity contribution in [2.75, 3.05) is 0 Å². The van der Waals surface area contributed by atoms with Crippen LogP contribution in [0.3, 0.4) is 0 Å². The van der Waals surface area contributed by atoms with Gasteiger partial charge in [-0.15, -0.1) is 0 Å². The summed E-state index contributed by atoms with van der Waals surface area (Å²) in [5.74, 6) is 0. The molecule has 2 N–H and O–H groups in total. The highest BCUT2D eigenvalue weighted by molar-refractivity contribution is 7.46. The zero-order valence-electron chi connectivity index (χ0n) is 12.7. The van der Waals surface area contributed by atoms with Crippen LogP contribution in [0.1, 0.15) is 85.0 Å². The molecule has 0 atom stereocenters. The van der Waals surface area contributed by atoms with Crippen molar-refractivity contribution >= 4 is 7.82 Å². The lowest BCUT2D eigenvalue weighted by Crippen LogP contribution is -2.31. The summed E-state index contributed by atoms with van der Waals surface area (Å²) in [6.45, 7) is 6.24. The van der Waals surface area contributed by atoms with Gasteiger partial charge in [0, 0.05) is 0 Å². The Morgan fingerprint density at radius 2 is 1.37 bits per heavy atom. The Morgan fingerprint density at radius 3 is 1.79 bits per heavy atom. The monoisotopic (exact) mass is 294 g/mol. The molecule has 0 unspecified atom stereocenters. The summed E-state index contributed by atoms with van der Waals surface area (Å²) in [5.41, 5.74) is -0.630. The van der Waals surface area contributed by atoms with Crippen molar-refractivity contribution in [3.05, 3.63) is 0 Å². The second-order valence-electron chi connectivity index (χ2n) is 5.43. The molecular weight excluding hydrogens is 263 g/mol. The summed E-state index contributed by atoms with van der Waals surface area (Å²) in [6.07, 6.45) is 9.70. The molecule has 4 nitrogen and oxygen atoms in total. The van der Waals surface area contributed by atoms with Crippen LogP contribution < -0.4 is 0 Å². The summed E-state index contributed by atoms with van der Waals surface area (Å²) in [5, 5.41) is 0. The van der Waals surface area contributed by atoms with Gasteiger partial charge in [-0.2, -0.15) is 0 Å². The van der Waals surface area contributed by atoms with Crippen LogP contribution in [-0.2, 0) is 9.09 Å². The van der Waals surface area contributed by atoms with Crippen LogP contribution in [-0.4, -0.2) is 15.4 Å². The first-order valence-corrected chi connectivity index (χ1v) is 9.18. The lowest BCUT2D eigenvalue weighted by atomic mass is 9.87. The summed E-state index contributed by atoms with van der Waals surface area (Å²) in [4.78, 5) is 18.3. The molecule has 0 spiro atoms. The third-order valence-electron chi connectivity index (χ3n) is 3.46. The zero-order chi connectivity index (χ0) is 14.8. The van der Waals surface area contributed by atoms with E-state index in [-0.39, 0.29) is 0 Å². The van der Waals surface area contributed by atoms with Gasteiger partial charge in [-0.25, -0.2) is 4.57 Å². The second kappa shape index (κ2) is 9.93. The maximum absolute atomic E-state index is 11.2. The first-order valence-electron chi connectivity index (χ1n) is 7.65. The largest absolute Gasteiger partial charge is 0.470 e. The summed E-state index contributed by atoms with van der Waals surface area (Å²) < 4.78 is 16.4. The fraction of sp³-hybridized carbons (Fsp3) is 1.00. The van der Waals surface area contributed by atoms with Crippen molar-refractivity contribution in [3.63, 3.8) is 0 Å². The van der Waals surface area contributed by atoms with Gasteiger partial charge in [-0.1, -0.05) is 65.7 Å². The van der Waals surface area contributed by atoms with Crippen LogP contribution in [0.5, 0.6) is 0 Å². The molecule has 19 heavy (non-hydrogen) atoms. The minimum atomic E-state index is -4.41. The zero-order valence-corrected chi connectivity index (χ0v) is 13.6. The van der Waals surface area contributed by atoms with E-state index in [4.69, 9.17) is 14.3 Å². The normalized spacial score (nSPS) is 12.9. The molecule has 0 radical (unpaired) electrons. The molecule has 0 aliphatic heterocycles. The van der Waals surface area contributed by atoms with E-state index in [9.17, 15) is 4.57 Å². The van der Waals surface area contributed by atoms with E-state index >= 15 is 0 Å². The molecule has 0 aliphatic rings. The number of hydrogen-bond acceptors (Lipinski definition) is 2. The van der Waals surface area contributed by atoms with Crippen LogP contribution in [0, 0.1) is 0 Å². The summed E-state index contributed by atoms with van der Waals surface area (Å²) in [6, 6.07) is 0. The van der Waals surface area contributed by atoms with Crippen LogP contribution >= 0.6 is 7.82 Å². The molecule has 0 rings (SSSR count). The Hall–Kier alpha value is 0.110. The lowest BCUT2D eigenvalue weighted by Gasteiger charge is -2.33. The van der Waals surface area contributed by atoms with Crippen molar-refractivity contribution in [2.45, 2.75) is 90.6 Å². The molecule has 0 amide bonds. The SMILES string of the molecule is CCCCCCCC(CCC)(CCC)OP(=O)(O)O. The van der Waals surface area contributed by atoms with Crippen LogP contribution in [0.4, 0.5) is 0 Å². The molecule has 0 fully saturated rings.